The van der Waals surface area contributed by atoms with Gasteiger partial charge in [0.15, 0.2) is 0 Å². The molecule has 0 bridgehead atoms. The molecule has 2 aromatic rings. The first kappa shape index (κ1) is 18.5. The van der Waals surface area contributed by atoms with Crippen LogP contribution in [-0.4, -0.2) is 64.5 Å². The minimum absolute atomic E-state index is 0.178. The molecule has 0 saturated carbocycles. The molecule has 144 valence electrons. The van der Waals surface area contributed by atoms with Crippen LogP contribution in [0.3, 0.4) is 0 Å². The zero-order valence-electron chi connectivity index (χ0n) is 14.7. The smallest absolute Gasteiger partial charge is 0.253 e. The Kier molecular flexibility index (Phi) is 4.96. The number of piperidine rings is 1. The summed E-state index contributed by atoms with van der Waals surface area (Å²) in [7, 11) is -3.39. The van der Waals surface area contributed by atoms with Gasteiger partial charge in [-0.05, 0) is 31.0 Å². The van der Waals surface area contributed by atoms with Gasteiger partial charge in [0, 0.05) is 55.2 Å². The highest BCUT2D eigenvalue weighted by Gasteiger charge is 2.43. The number of halogens is 1. The SMILES string of the molecule is O=C(c1cccc(Cl)c1)N1CC(S(=O)(=O)N2CCC(n3ccnc3)CC2)C1. The van der Waals surface area contributed by atoms with Crippen LogP contribution in [0.1, 0.15) is 29.2 Å². The van der Waals surface area contributed by atoms with Gasteiger partial charge in [-0.15, -0.1) is 0 Å². The number of aromatic nitrogens is 2. The van der Waals surface area contributed by atoms with E-state index in [1.165, 1.54) is 0 Å². The maximum atomic E-state index is 12.9. The molecule has 1 aromatic carbocycles. The molecule has 2 fully saturated rings. The number of amides is 1. The summed E-state index contributed by atoms with van der Waals surface area (Å²) < 4.78 is 29.4. The summed E-state index contributed by atoms with van der Waals surface area (Å²) >= 11 is 5.93. The number of hydrogen-bond donors (Lipinski definition) is 0. The summed E-state index contributed by atoms with van der Waals surface area (Å²) in [5.41, 5.74) is 0.486. The van der Waals surface area contributed by atoms with Crippen LogP contribution < -0.4 is 0 Å². The predicted octanol–water partition coefficient (Wildman–Crippen LogP) is 2.03. The number of rotatable bonds is 4. The quantitative estimate of drug-likeness (QED) is 0.775. The highest BCUT2D eigenvalue weighted by atomic mass is 35.5. The molecular formula is C18H21ClN4O3S. The normalized spacial score (nSPS) is 19.8. The largest absolute Gasteiger partial charge is 0.336 e. The minimum Gasteiger partial charge on any atom is -0.336 e. The van der Waals surface area contributed by atoms with Gasteiger partial charge in [0.25, 0.3) is 5.91 Å². The van der Waals surface area contributed by atoms with Crippen molar-refractivity contribution in [2.45, 2.75) is 24.1 Å². The van der Waals surface area contributed by atoms with Gasteiger partial charge in [0.2, 0.25) is 10.0 Å². The molecule has 0 N–H and O–H groups in total. The van der Waals surface area contributed by atoms with Crippen LogP contribution in [-0.2, 0) is 10.0 Å². The summed E-state index contributed by atoms with van der Waals surface area (Å²) in [5.74, 6) is -0.178. The number of benzene rings is 1. The Morgan fingerprint density at radius 3 is 2.56 bits per heavy atom. The van der Waals surface area contributed by atoms with E-state index in [4.69, 9.17) is 11.6 Å². The lowest BCUT2D eigenvalue weighted by Crippen LogP contribution is -2.60. The third-order valence-electron chi connectivity index (χ3n) is 5.36. The molecule has 1 aromatic heterocycles. The molecule has 0 aliphatic carbocycles. The fourth-order valence-electron chi connectivity index (χ4n) is 3.69. The number of carbonyl (C=O) groups excluding carboxylic acids is 1. The topological polar surface area (TPSA) is 75.5 Å². The Morgan fingerprint density at radius 1 is 1.19 bits per heavy atom. The highest BCUT2D eigenvalue weighted by Crippen LogP contribution is 2.28. The van der Waals surface area contributed by atoms with E-state index in [-0.39, 0.29) is 19.0 Å². The van der Waals surface area contributed by atoms with Crippen molar-refractivity contribution in [1.82, 2.24) is 18.8 Å². The van der Waals surface area contributed by atoms with Gasteiger partial charge in [-0.1, -0.05) is 17.7 Å². The number of nitrogens with zero attached hydrogens (tertiary/aromatic N) is 4. The van der Waals surface area contributed by atoms with Crippen molar-refractivity contribution in [3.8, 4) is 0 Å². The molecule has 0 radical (unpaired) electrons. The van der Waals surface area contributed by atoms with Crippen LogP contribution >= 0.6 is 11.6 Å². The average molecular weight is 409 g/mol. The summed E-state index contributed by atoms with van der Waals surface area (Å²) in [6, 6.07) is 7.01. The van der Waals surface area contributed by atoms with E-state index in [0.717, 1.165) is 12.8 Å². The van der Waals surface area contributed by atoms with Crippen LogP contribution in [0, 0.1) is 0 Å². The molecule has 1 amide bonds. The van der Waals surface area contributed by atoms with E-state index in [2.05, 4.69) is 4.98 Å². The molecule has 2 aliphatic heterocycles. The van der Waals surface area contributed by atoms with Crippen molar-refractivity contribution in [2.24, 2.45) is 0 Å². The van der Waals surface area contributed by atoms with Crippen LogP contribution in [0.4, 0.5) is 0 Å². The van der Waals surface area contributed by atoms with Crippen molar-refractivity contribution < 1.29 is 13.2 Å². The minimum atomic E-state index is -3.39. The van der Waals surface area contributed by atoms with E-state index >= 15 is 0 Å². The molecule has 0 spiro atoms. The number of carbonyl (C=O) groups is 1. The Morgan fingerprint density at radius 2 is 1.93 bits per heavy atom. The van der Waals surface area contributed by atoms with Crippen molar-refractivity contribution >= 4 is 27.5 Å². The molecule has 4 rings (SSSR count). The number of imidazole rings is 1. The van der Waals surface area contributed by atoms with Gasteiger partial charge in [-0.25, -0.2) is 17.7 Å². The maximum absolute atomic E-state index is 12.9. The van der Waals surface area contributed by atoms with Gasteiger partial charge in [-0.3, -0.25) is 4.79 Å². The van der Waals surface area contributed by atoms with Crippen molar-refractivity contribution in [3.63, 3.8) is 0 Å². The summed E-state index contributed by atoms with van der Waals surface area (Å²) in [6.07, 6.45) is 6.98. The summed E-state index contributed by atoms with van der Waals surface area (Å²) in [5, 5.41) is -0.0308. The monoisotopic (exact) mass is 408 g/mol. The number of sulfonamides is 1. The van der Waals surface area contributed by atoms with Crippen LogP contribution in [0.2, 0.25) is 5.02 Å². The third-order valence-corrected chi connectivity index (χ3v) is 7.82. The number of hydrogen-bond acceptors (Lipinski definition) is 4. The van der Waals surface area contributed by atoms with Crippen LogP contribution in [0.5, 0.6) is 0 Å². The van der Waals surface area contributed by atoms with Gasteiger partial charge < -0.3 is 9.47 Å². The Labute approximate surface area is 163 Å². The zero-order valence-corrected chi connectivity index (χ0v) is 16.3. The molecule has 2 saturated heterocycles. The summed E-state index contributed by atoms with van der Waals surface area (Å²) in [6.45, 7) is 1.47. The van der Waals surface area contributed by atoms with Gasteiger partial charge >= 0.3 is 0 Å². The predicted molar refractivity (Wildman–Crippen MR) is 102 cm³/mol. The standard InChI is InChI=1S/C18H21ClN4O3S/c19-15-3-1-2-14(10-15)18(24)22-11-17(12-22)27(25,26)23-7-4-16(5-8-23)21-9-6-20-13-21/h1-3,6,9-10,13,16-17H,4-5,7-8,11-12H2. The fraction of sp³-hybridized carbons (Fsp3) is 0.444. The van der Waals surface area contributed by atoms with E-state index in [1.54, 1.807) is 46.0 Å². The Bertz CT molecular complexity index is 918. The van der Waals surface area contributed by atoms with Crippen molar-refractivity contribution in [2.75, 3.05) is 26.2 Å². The molecule has 0 unspecified atom stereocenters. The molecule has 9 heteroatoms. The van der Waals surface area contributed by atoms with E-state index in [9.17, 15) is 13.2 Å². The molecule has 2 aliphatic rings. The molecular weight excluding hydrogens is 388 g/mol. The second-order valence-corrected chi connectivity index (χ2v) is 9.68. The van der Waals surface area contributed by atoms with E-state index in [0.29, 0.717) is 29.7 Å². The van der Waals surface area contributed by atoms with E-state index in [1.807, 2.05) is 10.8 Å². The first-order valence-corrected chi connectivity index (χ1v) is 10.8. The second kappa shape index (κ2) is 7.26. The zero-order chi connectivity index (χ0) is 19.0. The van der Waals surface area contributed by atoms with Crippen LogP contribution in [0.25, 0.3) is 0 Å². The third kappa shape index (κ3) is 3.61. The van der Waals surface area contributed by atoms with Gasteiger partial charge in [0.05, 0.1) is 6.33 Å². The lowest BCUT2D eigenvalue weighted by molar-refractivity contribution is 0.0654. The Balaban J connectivity index is 1.34. The second-order valence-electron chi connectivity index (χ2n) is 7.03. The molecule has 0 atom stereocenters. The van der Waals surface area contributed by atoms with Gasteiger partial charge in [-0.2, -0.15) is 0 Å². The Hall–Kier alpha value is -1.90. The van der Waals surface area contributed by atoms with Gasteiger partial charge in [0.1, 0.15) is 5.25 Å². The average Bonchev–Trinajstić information content (AvgIpc) is 3.15. The fourth-order valence-corrected chi connectivity index (χ4v) is 5.76. The van der Waals surface area contributed by atoms with E-state index < -0.39 is 15.3 Å². The first-order chi connectivity index (χ1) is 12.9. The first-order valence-electron chi connectivity index (χ1n) is 8.96. The molecule has 27 heavy (non-hydrogen) atoms. The van der Waals surface area contributed by atoms with Crippen molar-refractivity contribution in [1.29, 1.82) is 0 Å². The maximum Gasteiger partial charge on any atom is 0.253 e. The molecule has 7 nitrogen and oxygen atoms in total. The van der Waals surface area contributed by atoms with Crippen molar-refractivity contribution in [3.05, 3.63) is 53.6 Å². The van der Waals surface area contributed by atoms with Crippen LogP contribution in [0.15, 0.2) is 43.0 Å². The lowest BCUT2D eigenvalue weighted by Gasteiger charge is -2.42. The molecule has 3 heterocycles. The summed E-state index contributed by atoms with van der Waals surface area (Å²) in [4.78, 5) is 18.1. The highest BCUT2D eigenvalue weighted by molar-refractivity contribution is 7.89. The number of likely N-dealkylation sites (tertiary alicyclic amines) is 1. The lowest BCUT2D eigenvalue weighted by atomic mass is 10.1.